The summed E-state index contributed by atoms with van der Waals surface area (Å²) in [6.07, 6.45) is -5.97. The maximum atomic E-state index is 13.4. The van der Waals surface area contributed by atoms with Crippen molar-refractivity contribution < 1.29 is 46.6 Å². The molecule has 0 bridgehead atoms. The smallest absolute Gasteiger partial charge is 0.416 e. The predicted molar refractivity (Wildman–Crippen MR) is 118 cm³/mol. The average Bonchev–Trinajstić information content (AvgIpc) is 3.37. The maximum Gasteiger partial charge on any atom is 0.416 e. The lowest BCUT2D eigenvalue weighted by atomic mass is 9.98. The van der Waals surface area contributed by atoms with Gasteiger partial charge >= 0.3 is 18.1 Å². The summed E-state index contributed by atoms with van der Waals surface area (Å²) >= 11 is 0. The number of halogens is 3. The zero-order valence-corrected chi connectivity index (χ0v) is 20.1. The van der Waals surface area contributed by atoms with Crippen molar-refractivity contribution in [1.82, 2.24) is 9.97 Å². The van der Waals surface area contributed by atoms with Crippen molar-refractivity contribution in [3.63, 3.8) is 0 Å². The Kier molecular flexibility index (Phi) is 8.28. The second-order valence-electron chi connectivity index (χ2n) is 7.91. The number of rotatable bonds is 8. The Bertz CT molecular complexity index is 1190. The van der Waals surface area contributed by atoms with Crippen molar-refractivity contribution in [2.24, 2.45) is 0 Å². The van der Waals surface area contributed by atoms with E-state index in [-0.39, 0.29) is 41.7 Å². The summed E-state index contributed by atoms with van der Waals surface area (Å²) in [7, 11) is 2.13. The van der Waals surface area contributed by atoms with Crippen molar-refractivity contribution in [2.75, 3.05) is 32.8 Å². The van der Waals surface area contributed by atoms with Gasteiger partial charge in [-0.25, -0.2) is 9.97 Å². The first kappa shape index (κ1) is 27.7. The number of hydrogen-bond donors (Lipinski definition) is 1. The first-order chi connectivity index (χ1) is 17.4. The molecular weight excluding hydrogens is 505 g/mol. The van der Waals surface area contributed by atoms with E-state index in [2.05, 4.69) is 15.3 Å². The predicted octanol–water partition coefficient (Wildman–Crippen LogP) is 3.36. The Balaban J connectivity index is 2.16. The van der Waals surface area contributed by atoms with Gasteiger partial charge in [-0.3, -0.25) is 19.7 Å². The van der Waals surface area contributed by atoms with E-state index in [1.807, 2.05) is 0 Å². The molecule has 0 radical (unpaired) electrons. The zero-order chi connectivity index (χ0) is 27.5. The van der Waals surface area contributed by atoms with Crippen LogP contribution in [0.2, 0.25) is 0 Å². The number of aromatic nitrogens is 2. The number of methoxy groups -OCH3 is 2. The summed E-state index contributed by atoms with van der Waals surface area (Å²) < 4.78 is 60.8. The average molecular weight is 528 g/mol. The van der Waals surface area contributed by atoms with Crippen molar-refractivity contribution in [3.8, 4) is 0 Å². The van der Waals surface area contributed by atoms with Crippen LogP contribution in [0.4, 0.5) is 24.7 Å². The van der Waals surface area contributed by atoms with Gasteiger partial charge in [-0.15, -0.1) is 0 Å². The summed E-state index contributed by atoms with van der Waals surface area (Å²) in [5, 5.41) is 14.2. The van der Waals surface area contributed by atoms with E-state index in [4.69, 9.17) is 18.9 Å². The summed E-state index contributed by atoms with van der Waals surface area (Å²) in [4.78, 5) is 43.9. The number of alkyl halides is 3. The molecule has 1 saturated heterocycles. The number of nitrogens with one attached hydrogen (secondary N) is 1. The lowest BCUT2D eigenvalue weighted by Gasteiger charge is -2.24. The number of carbonyl (C=O) groups is 2. The van der Waals surface area contributed by atoms with E-state index in [9.17, 15) is 32.9 Å². The number of aryl methyl sites for hydroxylation is 1. The molecule has 1 aromatic carbocycles. The Hall–Kier alpha value is -3.85. The highest BCUT2D eigenvalue weighted by atomic mass is 19.4. The second kappa shape index (κ2) is 11.0. The minimum absolute atomic E-state index is 0.0252. The minimum Gasteiger partial charge on any atom is -0.468 e. The van der Waals surface area contributed by atoms with Crippen LogP contribution >= 0.6 is 0 Å². The van der Waals surface area contributed by atoms with Gasteiger partial charge in [0.15, 0.2) is 12.2 Å². The lowest BCUT2D eigenvalue weighted by Crippen LogP contribution is -2.28. The number of non-ortho nitro benzene ring substituents is 1. The summed E-state index contributed by atoms with van der Waals surface area (Å²) in [5.74, 6) is -3.57. The molecular formula is C22H23F3N4O8. The number of carbonyl (C=O) groups excluding carboxylic acids is 2. The number of anilines is 1. The van der Waals surface area contributed by atoms with Crippen LogP contribution in [0.15, 0.2) is 18.2 Å². The van der Waals surface area contributed by atoms with E-state index in [0.29, 0.717) is 6.07 Å². The van der Waals surface area contributed by atoms with Crippen LogP contribution in [-0.4, -0.2) is 54.3 Å². The molecule has 3 rings (SSSR count). The standard InChI is InChI=1S/C22H23F3N4O8/c1-10(12-7-13(22(23,24)25)9-14(8-12)29(32)33)26-18-15(21-36-5-6-37-21)17(27-11(2)28-18)16(19(30)34-3)20(31)35-4/h7-10,16,21H,5-6H2,1-4H3,(H,26,27,28). The van der Waals surface area contributed by atoms with E-state index in [1.165, 1.54) is 13.8 Å². The number of nitro groups is 1. The van der Waals surface area contributed by atoms with Crippen LogP contribution in [0, 0.1) is 17.0 Å². The molecule has 0 saturated carbocycles. The first-order valence-corrected chi connectivity index (χ1v) is 10.8. The maximum absolute atomic E-state index is 13.4. The fourth-order valence-corrected chi connectivity index (χ4v) is 3.69. The molecule has 0 spiro atoms. The van der Waals surface area contributed by atoms with Crippen molar-refractivity contribution in [1.29, 1.82) is 0 Å². The fraction of sp³-hybridized carbons (Fsp3) is 0.455. The number of benzene rings is 1. The second-order valence-corrected chi connectivity index (χ2v) is 7.91. The van der Waals surface area contributed by atoms with Gasteiger partial charge in [0, 0.05) is 12.1 Å². The van der Waals surface area contributed by atoms with Gasteiger partial charge in [-0.05, 0) is 25.5 Å². The molecule has 1 aliphatic rings. The molecule has 2 aromatic rings. The summed E-state index contributed by atoms with van der Waals surface area (Å²) in [6.45, 7) is 3.23. The number of ether oxygens (including phenoxy) is 4. The van der Waals surface area contributed by atoms with Crippen LogP contribution in [-0.2, 0) is 34.7 Å². The van der Waals surface area contributed by atoms with Gasteiger partial charge < -0.3 is 24.3 Å². The molecule has 15 heteroatoms. The third-order valence-corrected chi connectivity index (χ3v) is 5.42. The third kappa shape index (κ3) is 6.11. The molecule has 0 amide bonds. The van der Waals surface area contributed by atoms with Crippen LogP contribution in [0.3, 0.4) is 0 Å². The largest absolute Gasteiger partial charge is 0.468 e. The highest BCUT2D eigenvalue weighted by Crippen LogP contribution is 2.38. The highest BCUT2D eigenvalue weighted by molar-refractivity contribution is 6.00. The fourth-order valence-electron chi connectivity index (χ4n) is 3.69. The van der Waals surface area contributed by atoms with E-state index in [0.717, 1.165) is 26.4 Å². The first-order valence-electron chi connectivity index (χ1n) is 10.8. The third-order valence-electron chi connectivity index (χ3n) is 5.42. The Labute approximate surface area is 208 Å². The van der Waals surface area contributed by atoms with Crippen LogP contribution < -0.4 is 5.32 Å². The minimum atomic E-state index is -4.83. The van der Waals surface area contributed by atoms with Crippen molar-refractivity contribution in [3.05, 3.63) is 56.5 Å². The van der Waals surface area contributed by atoms with Gasteiger partial charge in [0.05, 0.1) is 55.2 Å². The summed E-state index contributed by atoms with van der Waals surface area (Å²) in [6, 6.07) is 1.23. The molecule has 37 heavy (non-hydrogen) atoms. The normalized spacial score (nSPS) is 14.9. The molecule has 1 aromatic heterocycles. The SMILES string of the molecule is COC(=O)C(C(=O)OC)c1nc(C)nc(NC(C)c2cc([N+](=O)[O-])cc(C(F)(F)F)c2)c1C1OCCO1. The number of esters is 2. The molecule has 2 heterocycles. The Morgan fingerprint density at radius 2 is 1.73 bits per heavy atom. The summed E-state index contributed by atoms with van der Waals surface area (Å²) in [5.41, 5.74) is -2.16. The number of nitrogens with zero attached hydrogens (tertiary/aromatic N) is 3. The lowest BCUT2D eigenvalue weighted by molar-refractivity contribution is -0.385. The van der Waals surface area contributed by atoms with Crippen LogP contribution in [0.25, 0.3) is 0 Å². The molecule has 1 unspecified atom stereocenters. The van der Waals surface area contributed by atoms with Crippen LogP contribution in [0.1, 0.15) is 53.4 Å². The quantitative estimate of drug-likeness (QED) is 0.232. The van der Waals surface area contributed by atoms with Gasteiger partial charge in [-0.2, -0.15) is 13.2 Å². The van der Waals surface area contributed by atoms with E-state index >= 15 is 0 Å². The molecule has 0 aliphatic carbocycles. The van der Waals surface area contributed by atoms with E-state index < -0.39 is 52.5 Å². The Morgan fingerprint density at radius 3 is 2.24 bits per heavy atom. The Morgan fingerprint density at radius 1 is 1.14 bits per heavy atom. The van der Waals surface area contributed by atoms with E-state index in [1.54, 1.807) is 0 Å². The number of nitro benzene ring substituents is 1. The van der Waals surface area contributed by atoms with Gasteiger partial charge in [-0.1, -0.05) is 0 Å². The van der Waals surface area contributed by atoms with Gasteiger partial charge in [0.1, 0.15) is 11.6 Å². The van der Waals surface area contributed by atoms with Gasteiger partial charge in [0.2, 0.25) is 0 Å². The molecule has 12 nitrogen and oxygen atoms in total. The monoisotopic (exact) mass is 528 g/mol. The molecule has 1 aliphatic heterocycles. The van der Waals surface area contributed by atoms with Crippen LogP contribution in [0.5, 0.6) is 0 Å². The topological polar surface area (TPSA) is 152 Å². The zero-order valence-electron chi connectivity index (χ0n) is 20.1. The van der Waals surface area contributed by atoms with Gasteiger partial charge in [0.25, 0.3) is 5.69 Å². The molecule has 200 valence electrons. The molecule has 1 N–H and O–H groups in total. The van der Waals surface area contributed by atoms with Crippen molar-refractivity contribution in [2.45, 2.75) is 38.3 Å². The van der Waals surface area contributed by atoms with Crippen molar-refractivity contribution >= 4 is 23.4 Å². The highest BCUT2D eigenvalue weighted by Gasteiger charge is 2.40. The molecule has 1 atom stereocenters. The number of hydrogen-bond acceptors (Lipinski definition) is 11. The molecule has 1 fully saturated rings.